The lowest BCUT2D eigenvalue weighted by atomic mass is 9.98. The van der Waals surface area contributed by atoms with Crippen LogP contribution in [0.4, 0.5) is 0 Å². The van der Waals surface area contributed by atoms with Crippen LogP contribution in [0.1, 0.15) is 25.3 Å². The number of hydrogen-bond donors (Lipinski definition) is 1. The molecule has 0 spiro atoms. The van der Waals surface area contributed by atoms with Crippen LogP contribution in [0.2, 0.25) is 0 Å². The van der Waals surface area contributed by atoms with Gasteiger partial charge in [0.05, 0.1) is 11.0 Å². The summed E-state index contributed by atoms with van der Waals surface area (Å²) in [5, 5.41) is 8.80. The molecule has 1 aromatic heterocycles. The number of rotatable bonds is 5. The largest absolute Gasteiger partial charge is 0.481 e. The van der Waals surface area contributed by atoms with E-state index in [4.69, 9.17) is 5.11 Å². The van der Waals surface area contributed by atoms with Gasteiger partial charge < -0.3 is 5.11 Å². The van der Waals surface area contributed by atoms with Crippen molar-refractivity contribution in [3.8, 4) is 0 Å². The highest BCUT2D eigenvalue weighted by atomic mass is 79.9. The van der Waals surface area contributed by atoms with Gasteiger partial charge in [-0.2, -0.15) is 0 Å². The molecule has 0 aliphatic heterocycles. The summed E-state index contributed by atoms with van der Waals surface area (Å²) in [6.45, 7) is 1.94. The van der Waals surface area contributed by atoms with Gasteiger partial charge >= 0.3 is 11.7 Å². The number of hydrogen-bond acceptors (Lipinski definition) is 2. The molecule has 1 heterocycles. The lowest BCUT2D eigenvalue weighted by molar-refractivity contribution is -0.138. The predicted molar refractivity (Wildman–Crippen MR) is 85.6 cm³/mol. The summed E-state index contributed by atoms with van der Waals surface area (Å²) in [6, 6.07) is 3.96. The predicted octanol–water partition coefficient (Wildman–Crippen LogP) is 2.68. The summed E-state index contributed by atoms with van der Waals surface area (Å²) < 4.78 is 4.21. The van der Waals surface area contributed by atoms with Gasteiger partial charge in [0.15, 0.2) is 0 Å². The van der Waals surface area contributed by atoms with E-state index in [9.17, 15) is 9.59 Å². The third-order valence-electron chi connectivity index (χ3n) is 3.87. The zero-order chi connectivity index (χ0) is 15.7. The average molecular weight is 355 g/mol. The summed E-state index contributed by atoms with van der Waals surface area (Å²) in [7, 11) is 3.51. The van der Waals surface area contributed by atoms with Crippen molar-refractivity contribution in [2.75, 3.05) is 0 Å². The van der Waals surface area contributed by atoms with Crippen LogP contribution in [-0.2, 0) is 25.3 Å². The van der Waals surface area contributed by atoms with Crippen molar-refractivity contribution < 1.29 is 9.90 Å². The van der Waals surface area contributed by atoms with Gasteiger partial charge in [0, 0.05) is 25.0 Å². The molecule has 1 unspecified atom stereocenters. The van der Waals surface area contributed by atoms with E-state index in [2.05, 4.69) is 15.9 Å². The lowest BCUT2D eigenvalue weighted by Crippen LogP contribution is -2.19. The van der Waals surface area contributed by atoms with Gasteiger partial charge in [-0.25, -0.2) is 4.79 Å². The number of imidazole rings is 1. The maximum absolute atomic E-state index is 11.9. The summed E-state index contributed by atoms with van der Waals surface area (Å²) in [5.74, 6) is -0.632. The fraction of sp³-hybridized carbons (Fsp3) is 0.467. The zero-order valence-electron chi connectivity index (χ0n) is 12.4. The molecule has 21 heavy (non-hydrogen) atoms. The number of fused-ring (bicyclic) bond motifs is 1. The Morgan fingerprint density at radius 2 is 1.86 bits per heavy atom. The Kier molecular flexibility index (Phi) is 4.56. The first-order chi connectivity index (χ1) is 9.81. The van der Waals surface area contributed by atoms with E-state index < -0.39 is 5.97 Å². The van der Waals surface area contributed by atoms with Crippen LogP contribution in [0, 0.1) is 5.92 Å². The van der Waals surface area contributed by atoms with Crippen molar-refractivity contribution >= 4 is 32.9 Å². The molecule has 2 aromatic rings. The fourth-order valence-corrected chi connectivity index (χ4v) is 3.09. The number of benzene rings is 1. The van der Waals surface area contributed by atoms with Crippen LogP contribution in [0.25, 0.3) is 11.0 Å². The number of aryl methyl sites for hydroxylation is 3. The highest BCUT2D eigenvalue weighted by Gasteiger charge is 2.13. The molecule has 0 amide bonds. The van der Waals surface area contributed by atoms with Gasteiger partial charge in [-0.3, -0.25) is 13.9 Å². The molecule has 0 saturated carbocycles. The van der Waals surface area contributed by atoms with Gasteiger partial charge in [-0.05, 0) is 36.5 Å². The second-order valence-electron chi connectivity index (χ2n) is 5.57. The van der Waals surface area contributed by atoms with E-state index in [1.807, 2.05) is 19.1 Å². The number of carboxylic acids is 1. The van der Waals surface area contributed by atoms with E-state index in [-0.39, 0.29) is 18.0 Å². The van der Waals surface area contributed by atoms with Crippen LogP contribution in [-0.4, -0.2) is 20.2 Å². The van der Waals surface area contributed by atoms with E-state index >= 15 is 0 Å². The SMILES string of the molecule is CC(CCc1cc2c(cc1Br)n(C)c(=O)n2C)CC(=O)O. The Morgan fingerprint density at radius 1 is 1.29 bits per heavy atom. The summed E-state index contributed by atoms with van der Waals surface area (Å²) in [5.41, 5.74) is 2.83. The maximum atomic E-state index is 11.9. The Labute approximate surface area is 131 Å². The van der Waals surface area contributed by atoms with Crippen LogP contribution in [0.3, 0.4) is 0 Å². The fourth-order valence-electron chi connectivity index (χ4n) is 2.56. The zero-order valence-corrected chi connectivity index (χ0v) is 14.0. The number of aromatic nitrogens is 2. The summed E-state index contributed by atoms with van der Waals surface area (Å²) in [4.78, 5) is 22.6. The molecule has 0 radical (unpaired) electrons. The molecular formula is C15H19BrN2O3. The van der Waals surface area contributed by atoms with E-state index in [0.29, 0.717) is 0 Å². The van der Waals surface area contributed by atoms with Gasteiger partial charge in [-0.15, -0.1) is 0 Å². The van der Waals surface area contributed by atoms with Gasteiger partial charge in [0.2, 0.25) is 0 Å². The number of aliphatic carboxylic acids is 1. The normalized spacial score (nSPS) is 12.8. The molecular weight excluding hydrogens is 336 g/mol. The van der Waals surface area contributed by atoms with Gasteiger partial charge in [0.25, 0.3) is 0 Å². The van der Waals surface area contributed by atoms with Crippen molar-refractivity contribution in [3.63, 3.8) is 0 Å². The molecule has 1 atom stereocenters. The number of carboxylic acid groups (broad SMARTS) is 1. The quantitative estimate of drug-likeness (QED) is 0.897. The topological polar surface area (TPSA) is 64.2 Å². The molecule has 5 nitrogen and oxygen atoms in total. The summed E-state index contributed by atoms with van der Waals surface area (Å²) in [6.07, 6.45) is 1.77. The minimum atomic E-state index is -0.762. The molecule has 0 bridgehead atoms. The maximum Gasteiger partial charge on any atom is 0.328 e. The monoisotopic (exact) mass is 354 g/mol. The molecule has 1 aromatic carbocycles. The second kappa shape index (κ2) is 6.05. The number of nitrogens with zero attached hydrogens (tertiary/aromatic N) is 2. The second-order valence-corrected chi connectivity index (χ2v) is 6.43. The van der Waals surface area contributed by atoms with Gasteiger partial charge in [-0.1, -0.05) is 22.9 Å². The Hall–Kier alpha value is -1.56. The minimum absolute atomic E-state index is 0.0479. The first-order valence-electron chi connectivity index (χ1n) is 6.87. The molecule has 6 heteroatoms. The third kappa shape index (κ3) is 3.20. The highest BCUT2D eigenvalue weighted by Crippen LogP contribution is 2.26. The van der Waals surface area contributed by atoms with Crippen molar-refractivity contribution in [2.45, 2.75) is 26.2 Å². The molecule has 0 fully saturated rings. The molecule has 0 saturated heterocycles. The Balaban J connectivity index is 2.29. The van der Waals surface area contributed by atoms with Crippen LogP contribution in [0.15, 0.2) is 21.4 Å². The first kappa shape index (κ1) is 15.8. The molecule has 2 rings (SSSR count). The van der Waals surface area contributed by atoms with Crippen molar-refractivity contribution in [1.82, 2.24) is 9.13 Å². The van der Waals surface area contributed by atoms with E-state index in [1.54, 1.807) is 23.2 Å². The van der Waals surface area contributed by atoms with Crippen molar-refractivity contribution in [1.29, 1.82) is 0 Å². The third-order valence-corrected chi connectivity index (χ3v) is 4.61. The molecule has 0 aliphatic rings. The van der Waals surface area contributed by atoms with Crippen molar-refractivity contribution in [3.05, 3.63) is 32.7 Å². The first-order valence-corrected chi connectivity index (χ1v) is 7.66. The van der Waals surface area contributed by atoms with Crippen LogP contribution < -0.4 is 5.69 Å². The smallest absolute Gasteiger partial charge is 0.328 e. The van der Waals surface area contributed by atoms with E-state index in [1.165, 1.54) is 0 Å². The van der Waals surface area contributed by atoms with Crippen LogP contribution in [0.5, 0.6) is 0 Å². The summed E-state index contributed by atoms with van der Waals surface area (Å²) >= 11 is 3.55. The highest BCUT2D eigenvalue weighted by molar-refractivity contribution is 9.10. The van der Waals surface area contributed by atoms with E-state index in [0.717, 1.165) is 33.9 Å². The Bertz CT molecular complexity index is 745. The molecule has 114 valence electrons. The minimum Gasteiger partial charge on any atom is -0.481 e. The molecule has 0 aliphatic carbocycles. The standard InChI is InChI=1S/C15H19BrN2O3/c1-9(6-14(19)20)4-5-10-7-12-13(8-11(10)16)18(3)15(21)17(12)2/h7-9H,4-6H2,1-3H3,(H,19,20). The number of halogens is 1. The van der Waals surface area contributed by atoms with Crippen molar-refractivity contribution in [2.24, 2.45) is 20.0 Å². The average Bonchev–Trinajstić information content (AvgIpc) is 2.60. The number of carbonyl (C=O) groups is 1. The van der Waals surface area contributed by atoms with Crippen LogP contribution >= 0.6 is 15.9 Å². The lowest BCUT2D eigenvalue weighted by Gasteiger charge is -2.10. The van der Waals surface area contributed by atoms with Gasteiger partial charge in [0.1, 0.15) is 0 Å². The Morgan fingerprint density at radius 3 is 2.43 bits per heavy atom. The molecule has 1 N–H and O–H groups in total.